The molecule has 18 heavy (non-hydrogen) atoms. The van der Waals surface area contributed by atoms with E-state index in [4.69, 9.17) is 9.47 Å². The van der Waals surface area contributed by atoms with Gasteiger partial charge in [-0.1, -0.05) is 6.58 Å². The number of esters is 1. The minimum Gasteiger partial charge on any atom is -0.493 e. The van der Waals surface area contributed by atoms with Crippen molar-refractivity contribution in [3.63, 3.8) is 0 Å². The number of ketones is 1. The molecule has 0 fully saturated rings. The molecule has 1 N–H and O–H groups in total. The molecule has 0 spiro atoms. The van der Waals surface area contributed by atoms with Crippen LogP contribution in [0, 0.1) is 0 Å². The van der Waals surface area contributed by atoms with E-state index in [0.717, 1.165) is 6.08 Å². The predicted octanol–water partition coefficient (Wildman–Crippen LogP) is 1.48. The van der Waals surface area contributed by atoms with Gasteiger partial charge in [-0.3, -0.25) is 9.59 Å². The second kappa shape index (κ2) is 5.97. The van der Waals surface area contributed by atoms with Crippen molar-refractivity contribution < 1.29 is 24.2 Å². The molecular weight excluding hydrogens is 236 g/mol. The topological polar surface area (TPSA) is 72.8 Å². The van der Waals surface area contributed by atoms with Crippen LogP contribution in [0.3, 0.4) is 0 Å². The monoisotopic (exact) mass is 250 g/mol. The fraction of sp³-hybridized carbons (Fsp3) is 0.231. The number of aliphatic hydroxyl groups excluding tert-OH is 1. The van der Waals surface area contributed by atoms with Gasteiger partial charge in [-0.15, -0.1) is 0 Å². The van der Waals surface area contributed by atoms with E-state index in [1.165, 1.54) is 26.2 Å². The van der Waals surface area contributed by atoms with Crippen molar-refractivity contribution in [1.29, 1.82) is 0 Å². The van der Waals surface area contributed by atoms with Gasteiger partial charge >= 0.3 is 5.97 Å². The van der Waals surface area contributed by atoms with Crippen LogP contribution in [-0.2, 0) is 11.4 Å². The summed E-state index contributed by atoms with van der Waals surface area (Å²) in [5.41, 5.74) is 0.608. The normalized spacial score (nSPS) is 9.72. The molecule has 96 valence electrons. The third-order valence-electron chi connectivity index (χ3n) is 2.24. The van der Waals surface area contributed by atoms with E-state index in [0.29, 0.717) is 11.1 Å². The van der Waals surface area contributed by atoms with E-state index in [-0.39, 0.29) is 23.9 Å². The van der Waals surface area contributed by atoms with Gasteiger partial charge in [0, 0.05) is 18.1 Å². The summed E-state index contributed by atoms with van der Waals surface area (Å²) in [6, 6.07) is 2.87. The highest BCUT2D eigenvalue weighted by molar-refractivity contribution is 6.04. The summed E-state index contributed by atoms with van der Waals surface area (Å²) in [6.07, 6.45) is 1.15. The van der Waals surface area contributed by atoms with Crippen molar-refractivity contribution in [1.82, 2.24) is 0 Å². The molecule has 1 rings (SSSR count). The molecule has 0 heterocycles. The Bertz CT molecular complexity index is 465. The smallest absolute Gasteiger partial charge is 0.308 e. The molecule has 1 aromatic carbocycles. The highest BCUT2D eigenvalue weighted by Crippen LogP contribution is 2.33. The third kappa shape index (κ3) is 2.95. The van der Waals surface area contributed by atoms with Crippen LogP contribution in [0.2, 0.25) is 0 Å². The first-order valence-corrected chi connectivity index (χ1v) is 5.20. The lowest BCUT2D eigenvalue weighted by atomic mass is 10.1. The maximum atomic E-state index is 11.5. The summed E-state index contributed by atoms with van der Waals surface area (Å²) < 4.78 is 10.0. The molecule has 0 aliphatic heterocycles. The first-order chi connectivity index (χ1) is 8.53. The van der Waals surface area contributed by atoms with Crippen LogP contribution < -0.4 is 9.47 Å². The number of aliphatic hydroxyl groups is 1. The van der Waals surface area contributed by atoms with E-state index in [2.05, 4.69) is 6.58 Å². The van der Waals surface area contributed by atoms with Crippen LogP contribution in [0.25, 0.3) is 0 Å². The molecule has 0 saturated carbocycles. The molecule has 0 aliphatic carbocycles. The van der Waals surface area contributed by atoms with Gasteiger partial charge < -0.3 is 14.6 Å². The maximum Gasteiger partial charge on any atom is 0.308 e. The molecule has 5 heteroatoms. The third-order valence-corrected chi connectivity index (χ3v) is 2.24. The standard InChI is InChI=1S/C13H14O5/c1-4-11(16)9-5-10(7-14)13(18-8(2)15)12(6-9)17-3/h4-6,14H,1,7H2,2-3H3. The van der Waals surface area contributed by atoms with E-state index in [1.807, 2.05) is 0 Å². The average molecular weight is 250 g/mol. The van der Waals surface area contributed by atoms with Crippen molar-refractivity contribution in [3.8, 4) is 11.5 Å². The molecule has 1 aromatic rings. The van der Waals surface area contributed by atoms with Crippen LogP contribution >= 0.6 is 0 Å². The van der Waals surface area contributed by atoms with Gasteiger partial charge in [-0.05, 0) is 18.2 Å². The summed E-state index contributed by atoms with van der Waals surface area (Å²) in [5.74, 6) is -0.516. The number of methoxy groups -OCH3 is 1. The van der Waals surface area contributed by atoms with Gasteiger partial charge in [-0.25, -0.2) is 0 Å². The number of allylic oxidation sites excluding steroid dienone is 1. The average Bonchev–Trinajstić information content (AvgIpc) is 2.37. The fourth-order valence-corrected chi connectivity index (χ4v) is 1.45. The van der Waals surface area contributed by atoms with Crippen molar-refractivity contribution in [2.24, 2.45) is 0 Å². The molecule has 0 amide bonds. The van der Waals surface area contributed by atoms with Gasteiger partial charge in [0.1, 0.15) is 0 Å². The largest absolute Gasteiger partial charge is 0.493 e. The van der Waals surface area contributed by atoms with Crippen LogP contribution in [0.15, 0.2) is 24.8 Å². The Balaban J connectivity index is 3.37. The van der Waals surface area contributed by atoms with Gasteiger partial charge in [0.2, 0.25) is 0 Å². The lowest BCUT2D eigenvalue weighted by Gasteiger charge is -2.13. The number of hydrogen-bond acceptors (Lipinski definition) is 5. The van der Waals surface area contributed by atoms with Gasteiger partial charge in [0.15, 0.2) is 17.3 Å². The first kappa shape index (κ1) is 13.9. The van der Waals surface area contributed by atoms with Crippen molar-refractivity contribution in [2.75, 3.05) is 7.11 Å². The van der Waals surface area contributed by atoms with Crippen LogP contribution in [0.4, 0.5) is 0 Å². The molecule has 0 aromatic heterocycles. The zero-order valence-corrected chi connectivity index (χ0v) is 10.2. The first-order valence-electron chi connectivity index (χ1n) is 5.20. The van der Waals surface area contributed by atoms with Crippen molar-refractivity contribution in [2.45, 2.75) is 13.5 Å². The Labute approximate surface area is 105 Å². The highest BCUT2D eigenvalue weighted by atomic mass is 16.6. The second-order valence-corrected chi connectivity index (χ2v) is 3.49. The summed E-state index contributed by atoms with van der Waals surface area (Å²) in [5, 5.41) is 9.25. The SMILES string of the molecule is C=CC(=O)c1cc(CO)c(OC(C)=O)c(OC)c1. The predicted molar refractivity (Wildman–Crippen MR) is 64.8 cm³/mol. The quantitative estimate of drug-likeness (QED) is 0.371. The molecule has 0 aliphatic rings. The zero-order valence-electron chi connectivity index (χ0n) is 10.2. The summed E-state index contributed by atoms with van der Waals surface area (Å²) in [4.78, 5) is 22.5. The van der Waals surface area contributed by atoms with Crippen LogP contribution in [0.1, 0.15) is 22.8 Å². The maximum absolute atomic E-state index is 11.5. The van der Waals surface area contributed by atoms with Gasteiger partial charge in [0.05, 0.1) is 13.7 Å². The molecule has 0 unspecified atom stereocenters. The molecule has 0 bridgehead atoms. The Morgan fingerprint density at radius 1 is 1.44 bits per heavy atom. The van der Waals surface area contributed by atoms with E-state index < -0.39 is 5.97 Å². The lowest BCUT2D eigenvalue weighted by molar-refractivity contribution is -0.132. The molecule has 5 nitrogen and oxygen atoms in total. The second-order valence-electron chi connectivity index (χ2n) is 3.49. The lowest BCUT2D eigenvalue weighted by Crippen LogP contribution is -2.07. The summed E-state index contributed by atoms with van der Waals surface area (Å²) >= 11 is 0. The Morgan fingerprint density at radius 3 is 2.56 bits per heavy atom. The highest BCUT2D eigenvalue weighted by Gasteiger charge is 2.16. The van der Waals surface area contributed by atoms with Crippen molar-refractivity contribution >= 4 is 11.8 Å². The Morgan fingerprint density at radius 2 is 2.11 bits per heavy atom. The van der Waals surface area contributed by atoms with Crippen LogP contribution in [0.5, 0.6) is 11.5 Å². The summed E-state index contributed by atoms with van der Waals surface area (Å²) in [7, 11) is 1.38. The molecule has 0 atom stereocenters. The van der Waals surface area contributed by atoms with Crippen molar-refractivity contribution in [3.05, 3.63) is 35.9 Å². The van der Waals surface area contributed by atoms with E-state index >= 15 is 0 Å². The fourth-order valence-electron chi connectivity index (χ4n) is 1.45. The summed E-state index contributed by atoms with van der Waals surface area (Å²) in [6.45, 7) is 4.24. The van der Waals surface area contributed by atoms with Gasteiger partial charge in [0.25, 0.3) is 0 Å². The van der Waals surface area contributed by atoms with E-state index in [1.54, 1.807) is 0 Å². The number of carbonyl (C=O) groups is 2. The van der Waals surface area contributed by atoms with E-state index in [9.17, 15) is 14.7 Å². The molecule has 0 radical (unpaired) electrons. The molecule has 0 saturated heterocycles. The van der Waals surface area contributed by atoms with Crippen LogP contribution in [-0.4, -0.2) is 24.0 Å². The zero-order chi connectivity index (χ0) is 13.7. The molecular formula is C13H14O5. The number of rotatable bonds is 5. The van der Waals surface area contributed by atoms with Gasteiger partial charge in [-0.2, -0.15) is 0 Å². The minimum atomic E-state index is -0.536. The number of hydrogen-bond donors (Lipinski definition) is 1. The number of ether oxygens (including phenoxy) is 2. The Kier molecular flexibility index (Phi) is 4.62. The Hall–Kier alpha value is -2.14. The number of carbonyl (C=O) groups excluding carboxylic acids is 2. The minimum absolute atomic E-state index is 0.119. The number of benzene rings is 1.